The molecule has 1 atom stereocenters. The minimum absolute atomic E-state index is 0.354. The highest BCUT2D eigenvalue weighted by Gasteiger charge is 2.16. The molecule has 12 heavy (non-hydrogen) atoms. The molecular weight excluding hydrogens is 170 g/mol. The summed E-state index contributed by atoms with van der Waals surface area (Å²) in [5, 5.41) is 0.955. The van der Waals surface area contributed by atoms with E-state index in [-0.39, 0.29) is 0 Å². The Balaban J connectivity index is 2.82. The quantitative estimate of drug-likeness (QED) is 0.639. The summed E-state index contributed by atoms with van der Waals surface area (Å²) in [5.74, 6) is 0. The lowest BCUT2D eigenvalue weighted by atomic mass is 10.1. The number of hydrogen-bond donors (Lipinski definition) is 0. The maximum absolute atomic E-state index is 6.09. The van der Waals surface area contributed by atoms with Gasteiger partial charge in [0, 0.05) is 17.8 Å². The van der Waals surface area contributed by atoms with Crippen LogP contribution >= 0.6 is 11.6 Å². The lowest BCUT2D eigenvalue weighted by Crippen LogP contribution is -2.30. The minimum Gasteiger partial charge on any atom is -0.370 e. The van der Waals surface area contributed by atoms with E-state index in [0.29, 0.717) is 6.04 Å². The fourth-order valence-electron chi connectivity index (χ4n) is 1.38. The lowest BCUT2D eigenvalue weighted by Gasteiger charge is -2.30. The standard InChI is InChI=1S/C10H16ClN/c1-4-9-6-10(11)8(3)12(5-2)7-9/h6-8H,4-5H2,1-3H3. The molecule has 0 bridgehead atoms. The minimum atomic E-state index is 0.354. The molecule has 0 saturated heterocycles. The second-order valence-electron chi connectivity index (χ2n) is 3.09. The van der Waals surface area contributed by atoms with Crippen molar-refractivity contribution in [1.82, 2.24) is 4.90 Å². The van der Waals surface area contributed by atoms with Gasteiger partial charge in [0.15, 0.2) is 0 Å². The Bertz CT molecular complexity index is 218. The maximum Gasteiger partial charge on any atom is 0.0615 e. The van der Waals surface area contributed by atoms with Gasteiger partial charge in [-0.2, -0.15) is 0 Å². The van der Waals surface area contributed by atoms with E-state index in [1.165, 1.54) is 5.57 Å². The molecule has 0 aromatic carbocycles. The predicted molar refractivity (Wildman–Crippen MR) is 54.2 cm³/mol. The van der Waals surface area contributed by atoms with E-state index in [1.807, 2.05) is 0 Å². The Morgan fingerprint density at radius 1 is 1.50 bits per heavy atom. The van der Waals surface area contributed by atoms with E-state index in [9.17, 15) is 0 Å². The van der Waals surface area contributed by atoms with Gasteiger partial charge in [-0.15, -0.1) is 0 Å². The van der Waals surface area contributed by atoms with Crippen LogP contribution < -0.4 is 0 Å². The van der Waals surface area contributed by atoms with E-state index < -0.39 is 0 Å². The summed E-state index contributed by atoms with van der Waals surface area (Å²) in [5.41, 5.74) is 1.32. The molecule has 0 radical (unpaired) electrons. The first-order valence-electron chi connectivity index (χ1n) is 4.52. The van der Waals surface area contributed by atoms with Gasteiger partial charge in [-0.05, 0) is 31.9 Å². The van der Waals surface area contributed by atoms with Gasteiger partial charge < -0.3 is 4.90 Å². The molecule has 1 aliphatic heterocycles. The van der Waals surface area contributed by atoms with Gasteiger partial charge in [0.05, 0.1) is 6.04 Å². The van der Waals surface area contributed by atoms with E-state index in [2.05, 4.69) is 37.9 Å². The van der Waals surface area contributed by atoms with Gasteiger partial charge in [0.25, 0.3) is 0 Å². The molecule has 1 unspecified atom stereocenters. The van der Waals surface area contributed by atoms with Crippen molar-refractivity contribution in [2.24, 2.45) is 0 Å². The largest absolute Gasteiger partial charge is 0.370 e. The molecule has 0 saturated carbocycles. The number of nitrogens with zero attached hydrogens (tertiary/aromatic N) is 1. The Morgan fingerprint density at radius 2 is 2.17 bits per heavy atom. The van der Waals surface area contributed by atoms with Crippen LogP contribution in [0.2, 0.25) is 0 Å². The fraction of sp³-hybridized carbons (Fsp3) is 0.600. The first kappa shape index (κ1) is 9.66. The summed E-state index contributed by atoms with van der Waals surface area (Å²) in [6.45, 7) is 7.45. The molecule has 0 aromatic rings. The van der Waals surface area contributed by atoms with Gasteiger partial charge in [-0.3, -0.25) is 0 Å². The Morgan fingerprint density at radius 3 is 2.67 bits per heavy atom. The molecule has 1 heterocycles. The normalized spacial score (nSPS) is 23.7. The van der Waals surface area contributed by atoms with Crippen LogP contribution in [0.25, 0.3) is 0 Å². The van der Waals surface area contributed by atoms with Crippen molar-refractivity contribution in [3.8, 4) is 0 Å². The van der Waals surface area contributed by atoms with Crippen molar-refractivity contribution in [1.29, 1.82) is 0 Å². The first-order chi connectivity index (χ1) is 5.69. The molecule has 0 spiro atoms. The molecule has 0 aliphatic carbocycles. The number of halogens is 1. The van der Waals surface area contributed by atoms with Crippen LogP contribution in [0.4, 0.5) is 0 Å². The molecule has 2 heteroatoms. The molecule has 68 valence electrons. The third-order valence-corrected chi connectivity index (χ3v) is 2.75. The SMILES string of the molecule is CCC1=CN(CC)C(C)C(Cl)=C1. The zero-order valence-corrected chi connectivity index (χ0v) is 8.73. The van der Waals surface area contributed by atoms with Crippen molar-refractivity contribution < 1.29 is 0 Å². The summed E-state index contributed by atoms with van der Waals surface area (Å²) in [7, 11) is 0. The zero-order valence-electron chi connectivity index (χ0n) is 7.97. The van der Waals surface area contributed by atoms with Crippen molar-refractivity contribution >= 4 is 11.6 Å². The van der Waals surface area contributed by atoms with Crippen molar-refractivity contribution in [2.75, 3.05) is 6.54 Å². The predicted octanol–water partition coefficient (Wildman–Crippen LogP) is 3.13. The molecule has 0 aromatic heterocycles. The van der Waals surface area contributed by atoms with Crippen LogP contribution in [0.3, 0.4) is 0 Å². The Labute approximate surface area is 79.7 Å². The van der Waals surface area contributed by atoms with Gasteiger partial charge >= 0.3 is 0 Å². The van der Waals surface area contributed by atoms with Crippen LogP contribution in [0.1, 0.15) is 27.2 Å². The highest BCUT2D eigenvalue weighted by atomic mass is 35.5. The highest BCUT2D eigenvalue weighted by Crippen LogP contribution is 2.24. The molecule has 1 rings (SSSR count). The molecule has 0 N–H and O–H groups in total. The second-order valence-corrected chi connectivity index (χ2v) is 3.53. The summed E-state index contributed by atoms with van der Waals surface area (Å²) in [6.07, 6.45) is 5.34. The van der Waals surface area contributed by atoms with Gasteiger partial charge in [0.1, 0.15) is 0 Å². The highest BCUT2D eigenvalue weighted by molar-refractivity contribution is 6.30. The average molecular weight is 186 g/mol. The van der Waals surface area contributed by atoms with Crippen LogP contribution in [-0.2, 0) is 0 Å². The topological polar surface area (TPSA) is 3.24 Å². The molecule has 0 fully saturated rings. The van der Waals surface area contributed by atoms with Gasteiger partial charge in [-0.25, -0.2) is 0 Å². The number of hydrogen-bond acceptors (Lipinski definition) is 1. The molecule has 1 aliphatic rings. The number of allylic oxidation sites excluding steroid dienone is 2. The van der Waals surface area contributed by atoms with Gasteiger partial charge in [-0.1, -0.05) is 18.5 Å². The smallest absolute Gasteiger partial charge is 0.0615 e. The monoisotopic (exact) mass is 185 g/mol. The van der Waals surface area contributed by atoms with Crippen LogP contribution in [-0.4, -0.2) is 17.5 Å². The fourth-order valence-corrected chi connectivity index (χ4v) is 1.64. The summed E-state index contributed by atoms with van der Waals surface area (Å²) in [4.78, 5) is 2.27. The number of likely N-dealkylation sites (N-methyl/N-ethyl adjacent to an activating group) is 1. The van der Waals surface area contributed by atoms with Crippen LogP contribution in [0.15, 0.2) is 22.9 Å². The van der Waals surface area contributed by atoms with E-state index in [0.717, 1.165) is 18.0 Å². The van der Waals surface area contributed by atoms with E-state index in [1.54, 1.807) is 0 Å². The zero-order chi connectivity index (χ0) is 9.14. The third kappa shape index (κ3) is 1.84. The third-order valence-electron chi connectivity index (χ3n) is 2.32. The summed E-state index contributed by atoms with van der Waals surface area (Å²) in [6, 6.07) is 0.354. The maximum atomic E-state index is 6.09. The van der Waals surface area contributed by atoms with Crippen molar-refractivity contribution in [2.45, 2.75) is 33.2 Å². The molecule has 1 nitrogen and oxygen atoms in total. The first-order valence-corrected chi connectivity index (χ1v) is 4.90. The summed E-state index contributed by atoms with van der Waals surface area (Å²) < 4.78 is 0. The van der Waals surface area contributed by atoms with Crippen molar-refractivity contribution in [3.05, 3.63) is 22.9 Å². The van der Waals surface area contributed by atoms with Crippen molar-refractivity contribution in [3.63, 3.8) is 0 Å². The second kappa shape index (κ2) is 3.99. The summed E-state index contributed by atoms with van der Waals surface area (Å²) >= 11 is 6.09. The molecule has 0 amide bonds. The van der Waals surface area contributed by atoms with E-state index >= 15 is 0 Å². The Hall–Kier alpha value is -0.430. The number of rotatable bonds is 2. The Kier molecular flexibility index (Phi) is 3.21. The van der Waals surface area contributed by atoms with E-state index in [4.69, 9.17) is 11.6 Å². The average Bonchev–Trinajstić information content (AvgIpc) is 2.09. The van der Waals surface area contributed by atoms with Crippen LogP contribution in [0, 0.1) is 0 Å². The molecular formula is C10H16ClN. The lowest BCUT2D eigenvalue weighted by molar-refractivity contribution is 0.342. The van der Waals surface area contributed by atoms with Crippen LogP contribution in [0.5, 0.6) is 0 Å². The van der Waals surface area contributed by atoms with Gasteiger partial charge in [0.2, 0.25) is 0 Å².